The molecule has 5 nitrogen and oxygen atoms in total. The number of H-pyrrole nitrogens is 1. The summed E-state index contributed by atoms with van der Waals surface area (Å²) in [4.78, 5) is 18.5. The minimum Gasteiger partial charge on any atom is -0.378 e. The molecule has 0 saturated carbocycles. The molecule has 1 aliphatic heterocycles. The zero-order chi connectivity index (χ0) is 18.1. The molecule has 0 atom stereocenters. The van der Waals surface area contributed by atoms with E-state index in [0.29, 0.717) is 18.9 Å². The number of anilines is 2. The molecule has 0 unspecified atom stereocenters. The van der Waals surface area contributed by atoms with Crippen LogP contribution in [0.2, 0.25) is 0 Å². The summed E-state index contributed by atoms with van der Waals surface area (Å²) in [6.45, 7) is 7.13. The van der Waals surface area contributed by atoms with Crippen LogP contribution in [-0.4, -0.2) is 37.2 Å². The molecule has 0 spiro atoms. The van der Waals surface area contributed by atoms with Gasteiger partial charge in [-0.3, -0.25) is 4.79 Å². The van der Waals surface area contributed by atoms with E-state index in [1.165, 1.54) is 5.56 Å². The lowest BCUT2D eigenvalue weighted by molar-refractivity contribution is 0.102. The van der Waals surface area contributed by atoms with Crippen LogP contribution in [0.5, 0.6) is 0 Å². The molecule has 1 fully saturated rings. The van der Waals surface area contributed by atoms with Gasteiger partial charge in [0.1, 0.15) is 5.69 Å². The normalized spacial score (nSPS) is 14.6. The summed E-state index contributed by atoms with van der Waals surface area (Å²) in [6.07, 6.45) is 0. The maximum atomic E-state index is 12.9. The standard InChI is InChI=1S/C21H23N3O2/c1-14-7-8-17-16(13-14)15(2)20(22-17)21(25)23-18-5-3-4-6-19(18)24-9-11-26-12-10-24/h3-8,13,22H,9-12H2,1-2H3,(H,23,25). The first-order chi connectivity index (χ1) is 12.6. The van der Waals surface area contributed by atoms with Crippen molar-refractivity contribution >= 4 is 28.2 Å². The van der Waals surface area contributed by atoms with Gasteiger partial charge in [-0.25, -0.2) is 0 Å². The number of carbonyl (C=O) groups is 1. The topological polar surface area (TPSA) is 57.4 Å². The average molecular weight is 349 g/mol. The first-order valence-electron chi connectivity index (χ1n) is 8.95. The van der Waals surface area contributed by atoms with Gasteiger partial charge in [0.25, 0.3) is 5.91 Å². The lowest BCUT2D eigenvalue weighted by Gasteiger charge is -2.30. The fourth-order valence-corrected chi connectivity index (χ4v) is 3.51. The maximum Gasteiger partial charge on any atom is 0.272 e. The number of aromatic amines is 1. The molecular formula is C21H23N3O2. The minimum absolute atomic E-state index is 0.114. The quantitative estimate of drug-likeness (QED) is 0.755. The highest BCUT2D eigenvalue weighted by atomic mass is 16.5. The molecular weight excluding hydrogens is 326 g/mol. The van der Waals surface area contributed by atoms with Crippen molar-refractivity contribution in [1.82, 2.24) is 4.98 Å². The monoisotopic (exact) mass is 349 g/mol. The number of fused-ring (bicyclic) bond motifs is 1. The Balaban J connectivity index is 1.64. The van der Waals surface area contributed by atoms with Crippen LogP contribution in [0.4, 0.5) is 11.4 Å². The summed E-state index contributed by atoms with van der Waals surface area (Å²) in [7, 11) is 0. The zero-order valence-corrected chi connectivity index (χ0v) is 15.1. The SMILES string of the molecule is Cc1ccc2[nH]c(C(=O)Nc3ccccc3N3CCOCC3)c(C)c2c1. The van der Waals surface area contributed by atoms with Crippen LogP contribution in [-0.2, 0) is 4.74 Å². The number of aryl methyl sites for hydroxylation is 2. The molecule has 1 aromatic heterocycles. The van der Waals surface area contributed by atoms with E-state index < -0.39 is 0 Å². The average Bonchev–Trinajstić information content (AvgIpc) is 2.99. The van der Waals surface area contributed by atoms with Gasteiger partial charge >= 0.3 is 0 Å². The largest absolute Gasteiger partial charge is 0.378 e. The number of hydrogen-bond donors (Lipinski definition) is 2. The molecule has 0 aliphatic carbocycles. The van der Waals surface area contributed by atoms with E-state index in [0.717, 1.165) is 40.9 Å². The third-order valence-corrected chi connectivity index (χ3v) is 4.94. The number of para-hydroxylation sites is 2. The van der Waals surface area contributed by atoms with Gasteiger partial charge in [-0.05, 0) is 43.7 Å². The second-order valence-electron chi connectivity index (χ2n) is 6.74. The van der Waals surface area contributed by atoms with Crippen molar-refractivity contribution < 1.29 is 9.53 Å². The third kappa shape index (κ3) is 3.06. The molecule has 5 heteroatoms. The van der Waals surface area contributed by atoms with E-state index in [-0.39, 0.29) is 5.91 Å². The van der Waals surface area contributed by atoms with Crippen LogP contribution in [0, 0.1) is 13.8 Å². The van der Waals surface area contributed by atoms with Crippen molar-refractivity contribution in [2.75, 3.05) is 36.5 Å². The molecule has 0 bridgehead atoms. The Morgan fingerprint density at radius 3 is 2.69 bits per heavy atom. The Morgan fingerprint density at radius 2 is 1.88 bits per heavy atom. The van der Waals surface area contributed by atoms with E-state index in [1.54, 1.807) is 0 Å². The number of ether oxygens (including phenoxy) is 1. The number of rotatable bonds is 3. The van der Waals surface area contributed by atoms with Crippen LogP contribution in [0.3, 0.4) is 0 Å². The van der Waals surface area contributed by atoms with Crippen molar-refractivity contribution in [3.8, 4) is 0 Å². The van der Waals surface area contributed by atoms with Gasteiger partial charge in [-0.15, -0.1) is 0 Å². The van der Waals surface area contributed by atoms with Gasteiger partial charge < -0.3 is 19.9 Å². The van der Waals surface area contributed by atoms with E-state index in [9.17, 15) is 4.79 Å². The third-order valence-electron chi connectivity index (χ3n) is 4.94. The number of nitrogens with one attached hydrogen (secondary N) is 2. The summed E-state index contributed by atoms with van der Waals surface area (Å²) in [5, 5.41) is 4.18. The summed E-state index contributed by atoms with van der Waals surface area (Å²) in [5.74, 6) is -0.114. The highest BCUT2D eigenvalue weighted by Gasteiger charge is 2.19. The molecule has 1 saturated heterocycles. The number of benzene rings is 2. The van der Waals surface area contributed by atoms with E-state index >= 15 is 0 Å². The van der Waals surface area contributed by atoms with Crippen LogP contribution < -0.4 is 10.2 Å². The zero-order valence-electron chi connectivity index (χ0n) is 15.1. The Bertz CT molecular complexity index is 955. The fourth-order valence-electron chi connectivity index (χ4n) is 3.51. The molecule has 1 aliphatic rings. The van der Waals surface area contributed by atoms with E-state index in [4.69, 9.17) is 4.74 Å². The highest BCUT2D eigenvalue weighted by Crippen LogP contribution is 2.28. The predicted octanol–water partition coefficient (Wildman–Crippen LogP) is 3.87. The molecule has 2 aromatic carbocycles. The maximum absolute atomic E-state index is 12.9. The van der Waals surface area contributed by atoms with Gasteiger partial charge in [0, 0.05) is 24.0 Å². The molecule has 2 heterocycles. The van der Waals surface area contributed by atoms with Gasteiger partial charge in [0.2, 0.25) is 0 Å². The number of morpholine rings is 1. The predicted molar refractivity (Wildman–Crippen MR) is 105 cm³/mol. The first kappa shape index (κ1) is 16.7. The molecule has 2 N–H and O–H groups in total. The number of hydrogen-bond acceptors (Lipinski definition) is 3. The second-order valence-corrected chi connectivity index (χ2v) is 6.74. The molecule has 3 aromatic rings. The Labute approximate surface area is 153 Å². The number of amides is 1. The summed E-state index contributed by atoms with van der Waals surface area (Å²) in [6, 6.07) is 14.1. The van der Waals surface area contributed by atoms with Gasteiger partial charge in [-0.2, -0.15) is 0 Å². The second kappa shape index (κ2) is 6.84. The van der Waals surface area contributed by atoms with Crippen molar-refractivity contribution in [3.05, 3.63) is 59.3 Å². The number of aromatic nitrogens is 1. The van der Waals surface area contributed by atoms with Crippen LogP contribution in [0.1, 0.15) is 21.6 Å². The molecule has 4 rings (SSSR count). The lowest BCUT2D eigenvalue weighted by atomic mass is 10.1. The lowest BCUT2D eigenvalue weighted by Crippen LogP contribution is -2.36. The van der Waals surface area contributed by atoms with Crippen LogP contribution in [0.25, 0.3) is 10.9 Å². The van der Waals surface area contributed by atoms with Crippen molar-refractivity contribution in [1.29, 1.82) is 0 Å². The first-order valence-corrected chi connectivity index (χ1v) is 8.95. The Hall–Kier alpha value is -2.79. The molecule has 1 amide bonds. The smallest absolute Gasteiger partial charge is 0.272 e. The van der Waals surface area contributed by atoms with Crippen LogP contribution in [0.15, 0.2) is 42.5 Å². The van der Waals surface area contributed by atoms with Crippen LogP contribution >= 0.6 is 0 Å². The molecule has 26 heavy (non-hydrogen) atoms. The van der Waals surface area contributed by atoms with Gasteiger partial charge in [0.15, 0.2) is 0 Å². The van der Waals surface area contributed by atoms with Crippen molar-refractivity contribution in [2.24, 2.45) is 0 Å². The van der Waals surface area contributed by atoms with E-state index in [2.05, 4.69) is 28.2 Å². The van der Waals surface area contributed by atoms with Gasteiger partial charge in [-0.1, -0.05) is 23.8 Å². The Morgan fingerprint density at radius 1 is 1.12 bits per heavy atom. The minimum atomic E-state index is -0.114. The summed E-state index contributed by atoms with van der Waals surface area (Å²) in [5.41, 5.74) is 5.62. The molecule has 0 radical (unpaired) electrons. The Kier molecular flexibility index (Phi) is 4.39. The van der Waals surface area contributed by atoms with Crippen molar-refractivity contribution in [2.45, 2.75) is 13.8 Å². The fraction of sp³-hybridized carbons (Fsp3) is 0.286. The highest BCUT2D eigenvalue weighted by molar-refractivity contribution is 6.09. The van der Waals surface area contributed by atoms with E-state index in [1.807, 2.05) is 43.3 Å². The summed E-state index contributed by atoms with van der Waals surface area (Å²) < 4.78 is 5.44. The molecule has 134 valence electrons. The summed E-state index contributed by atoms with van der Waals surface area (Å²) >= 11 is 0. The van der Waals surface area contributed by atoms with Crippen molar-refractivity contribution in [3.63, 3.8) is 0 Å². The number of carbonyl (C=O) groups excluding carboxylic acids is 1. The van der Waals surface area contributed by atoms with Gasteiger partial charge in [0.05, 0.1) is 24.6 Å². The number of nitrogens with zero attached hydrogens (tertiary/aromatic N) is 1.